The third-order valence-electron chi connectivity index (χ3n) is 4.11. The van der Waals surface area contributed by atoms with Crippen molar-refractivity contribution < 1.29 is 9.53 Å². The molecule has 104 valence electrons. The van der Waals surface area contributed by atoms with Gasteiger partial charge in [0.05, 0.1) is 0 Å². The number of rotatable bonds is 5. The summed E-state index contributed by atoms with van der Waals surface area (Å²) in [5, 5.41) is 0. The highest BCUT2D eigenvalue weighted by atomic mass is 16.5. The summed E-state index contributed by atoms with van der Waals surface area (Å²) < 4.78 is 5.18. The zero-order valence-electron chi connectivity index (χ0n) is 11.6. The highest BCUT2D eigenvalue weighted by Gasteiger charge is 2.24. The molecule has 4 nitrogen and oxygen atoms in total. The van der Waals surface area contributed by atoms with Crippen molar-refractivity contribution in [2.24, 2.45) is 5.92 Å². The first-order valence-corrected chi connectivity index (χ1v) is 7.37. The number of carbonyl (C=O) groups is 1. The smallest absolute Gasteiger partial charge is 0.248 e. The van der Waals surface area contributed by atoms with E-state index in [1.165, 1.54) is 32.5 Å². The van der Waals surface area contributed by atoms with Gasteiger partial charge in [-0.1, -0.05) is 0 Å². The van der Waals surface area contributed by atoms with Crippen LogP contribution in [-0.4, -0.2) is 61.6 Å². The van der Waals surface area contributed by atoms with Crippen molar-refractivity contribution in [3.8, 4) is 0 Å². The second-order valence-electron chi connectivity index (χ2n) is 5.47. The molecule has 0 spiro atoms. The van der Waals surface area contributed by atoms with Gasteiger partial charge < -0.3 is 14.5 Å². The van der Waals surface area contributed by atoms with Crippen LogP contribution in [0.1, 0.15) is 32.6 Å². The van der Waals surface area contributed by atoms with Crippen LogP contribution in [0.4, 0.5) is 0 Å². The van der Waals surface area contributed by atoms with Crippen LogP contribution in [0, 0.1) is 5.92 Å². The third-order valence-corrected chi connectivity index (χ3v) is 4.11. The van der Waals surface area contributed by atoms with E-state index in [0.717, 1.165) is 31.8 Å². The summed E-state index contributed by atoms with van der Waals surface area (Å²) in [6.07, 6.45) is 5.06. The fourth-order valence-corrected chi connectivity index (χ4v) is 2.98. The first kappa shape index (κ1) is 13.8. The molecular weight excluding hydrogens is 228 g/mol. The second-order valence-corrected chi connectivity index (χ2v) is 5.47. The van der Waals surface area contributed by atoms with E-state index in [-0.39, 0.29) is 12.5 Å². The van der Waals surface area contributed by atoms with Crippen molar-refractivity contribution in [1.29, 1.82) is 0 Å². The molecule has 18 heavy (non-hydrogen) atoms. The molecule has 4 heteroatoms. The summed E-state index contributed by atoms with van der Waals surface area (Å²) in [6.45, 7) is 8.45. The quantitative estimate of drug-likeness (QED) is 0.742. The minimum atomic E-state index is 0.163. The van der Waals surface area contributed by atoms with Crippen LogP contribution in [0.3, 0.4) is 0 Å². The van der Waals surface area contributed by atoms with Gasteiger partial charge in [0.2, 0.25) is 5.91 Å². The first-order valence-electron chi connectivity index (χ1n) is 7.37. The average Bonchev–Trinajstić information content (AvgIpc) is 2.89. The molecular formula is C14H26N2O2. The lowest BCUT2D eigenvalue weighted by molar-refractivity contribution is -0.137. The summed E-state index contributed by atoms with van der Waals surface area (Å²) in [4.78, 5) is 16.4. The first-order chi connectivity index (χ1) is 8.79. The molecule has 0 radical (unpaired) electrons. The molecule has 0 unspecified atom stereocenters. The molecule has 2 aliphatic heterocycles. The molecule has 2 fully saturated rings. The Morgan fingerprint density at radius 2 is 1.83 bits per heavy atom. The van der Waals surface area contributed by atoms with E-state index in [1.807, 2.05) is 11.8 Å². The molecule has 0 aromatic carbocycles. The van der Waals surface area contributed by atoms with Gasteiger partial charge in [0.1, 0.15) is 6.61 Å². The normalized spacial score (nSPS) is 22.6. The van der Waals surface area contributed by atoms with E-state index in [1.54, 1.807) is 0 Å². The second kappa shape index (κ2) is 7.10. The lowest BCUT2D eigenvalue weighted by Crippen LogP contribution is -2.42. The van der Waals surface area contributed by atoms with Gasteiger partial charge in [0.25, 0.3) is 0 Å². The monoisotopic (exact) mass is 254 g/mol. The van der Waals surface area contributed by atoms with Crippen molar-refractivity contribution in [1.82, 2.24) is 9.80 Å². The minimum Gasteiger partial charge on any atom is -0.372 e. The fourth-order valence-electron chi connectivity index (χ4n) is 2.98. The highest BCUT2D eigenvalue weighted by molar-refractivity contribution is 5.77. The van der Waals surface area contributed by atoms with Crippen molar-refractivity contribution >= 4 is 5.91 Å². The van der Waals surface area contributed by atoms with Crippen molar-refractivity contribution in [2.75, 3.05) is 45.9 Å². The molecule has 0 aromatic rings. The summed E-state index contributed by atoms with van der Waals surface area (Å²) in [7, 11) is 0. The zero-order chi connectivity index (χ0) is 12.8. The molecule has 0 N–H and O–H groups in total. The van der Waals surface area contributed by atoms with Gasteiger partial charge in [0.15, 0.2) is 0 Å². The van der Waals surface area contributed by atoms with E-state index in [4.69, 9.17) is 4.74 Å². The predicted molar refractivity (Wildman–Crippen MR) is 71.5 cm³/mol. The number of piperidine rings is 1. The molecule has 0 aliphatic carbocycles. The zero-order valence-corrected chi connectivity index (χ0v) is 11.6. The van der Waals surface area contributed by atoms with E-state index >= 15 is 0 Å². The van der Waals surface area contributed by atoms with Crippen LogP contribution in [0.25, 0.3) is 0 Å². The van der Waals surface area contributed by atoms with Gasteiger partial charge in [-0.3, -0.25) is 4.79 Å². The summed E-state index contributed by atoms with van der Waals surface area (Å²) in [6, 6.07) is 0. The molecule has 0 atom stereocenters. The Kier molecular flexibility index (Phi) is 5.45. The highest BCUT2D eigenvalue weighted by Crippen LogP contribution is 2.20. The van der Waals surface area contributed by atoms with Crippen molar-refractivity contribution in [3.63, 3.8) is 0 Å². The largest absolute Gasteiger partial charge is 0.372 e. The Labute approximate surface area is 110 Å². The van der Waals surface area contributed by atoms with Crippen molar-refractivity contribution in [2.45, 2.75) is 32.6 Å². The summed E-state index contributed by atoms with van der Waals surface area (Å²) >= 11 is 0. The van der Waals surface area contributed by atoms with E-state index < -0.39 is 0 Å². The fraction of sp³-hybridized carbons (Fsp3) is 0.929. The number of nitrogens with zero attached hydrogens (tertiary/aromatic N) is 2. The van der Waals surface area contributed by atoms with Crippen LogP contribution < -0.4 is 0 Å². The van der Waals surface area contributed by atoms with Crippen LogP contribution in [-0.2, 0) is 9.53 Å². The van der Waals surface area contributed by atoms with Crippen LogP contribution in [0.2, 0.25) is 0 Å². The molecule has 1 amide bonds. The van der Waals surface area contributed by atoms with Gasteiger partial charge in [-0.05, 0) is 51.6 Å². The Balaban J connectivity index is 1.65. The third kappa shape index (κ3) is 3.95. The topological polar surface area (TPSA) is 32.8 Å². The average molecular weight is 254 g/mol. The summed E-state index contributed by atoms with van der Waals surface area (Å²) in [5.41, 5.74) is 0. The molecule has 0 aromatic heterocycles. The Hall–Kier alpha value is -0.610. The number of likely N-dealkylation sites (tertiary alicyclic amines) is 2. The number of hydrogen-bond acceptors (Lipinski definition) is 3. The van der Waals surface area contributed by atoms with Gasteiger partial charge in [0, 0.05) is 26.2 Å². The molecule has 0 bridgehead atoms. The molecule has 2 rings (SSSR count). The maximum Gasteiger partial charge on any atom is 0.248 e. The van der Waals surface area contributed by atoms with Gasteiger partial charge in [-0.2, -0.15) is 0 Å². The maximum absolute atomic E-state index is 11.8. The SMILES string of the molecule is CCOCC(=O)N1CCC(CN2CCCC2)CC1. The van der Waals surface area contributed by atoms with E-state index in [9.17, 15) is 4.79 Å². The lowest BCUT2D eigenvalue weighted by Gasteiger charge is -2.33. The van der Waals surface area contributed by atoms with E-state index in [0.29, 0.717) is 6.61 Å². The van der Waals surface area contributed by atoms with Crippen molar-refractivity contribution in [3.05, 3.63) is 0 Å². The maximum atomic E-state index is 11.8. The van der Waals surface area contributed by atoms with Crippen LogP contribution >= 0.6 is 0 Å². The molecule has 0 saturated carbocycles. The number of amides is 1. The van der Waals surface area contributed by atoms with E-state index in [2.05, 4.69) is 4.90 Å². The number of ether oxygens (including phenoxy) is 1. The standard InChI is InChI=1S/C14H26N2O2/c1-2-18-12-14(17)16-9-5-13(6-10-16)11-15-7-3-4-8-15/h13H,2-12H2,1H3. The molecule has 2 heterocycles. The lowest BCUT2D eigenvalue weighted by atomic mass is 9.96. The van der Waals surface area contributed by atoms with Gasteiger partial charge >= 0.3 is 0 Å². The minimum absolute atomic E-state index is 0.163. The Morgan fingerprint density at radius 3 is 2.44 bits per heavy atom. The Bertz CT molecular complexity index is 257. The number of carbonyl (C=O) groups excluding carboxylic acids is 1. The predicted octanol–water partition coefficient (Wildman–Crippen LogP) is 1.36. The van der Waals surface area contributed by atoms with Crippen LogP contribution in [0.5, 0.6) is 0 Å². The molecule has 2 aliphatic rings. The molecule has 2 saturated heterocycles. The van der Waals surface area contributed by atoms with Crippen LogP contribution in [0.15, 0.2) is 0 Å². The summed E-state index contributed by atoms with van der Waals surface area (Å²) in [5.74, 6) is 0.954. The Morgan fingerprint density at radius 1 is 1.17 bits per heavy atom. The van der Waals surface area contributed by atoms with Gasteiger partial charge in [-0.15, -0.1) is 0 Å². The van der Waals surface area contributed by atoms with Gasteiger partial charge in [-0.25, -0.2) is 0 Å². The number of hydrogen-bond donors (Lipinski definition) is 0.